The Bertz CT molecular complexity index is 271. The number of nitrogens with zero attached hydrogens (tertiary/aromatic N) is 1. The van der Waals surface area contributed by atoms with Gasteiger partial charge in [0.2, 0.25) is 11.8 Å². The number of nitrogens with one attached hydrogen (secondary N) is 1. The molecule has 1 N–H and O–H groups in total. The lowest BCUT2D eigenvalue weighted by Gasteiger charge is -2.31. The summed E-state index contributed by atoms with van der Waals surface area (Å²) in [7, 11) is 0. The Morgan fingerprint density at radius 2 is 1.83 bits per heavy atom. The van der Waals surface area contributed by atoms with Gasteiger partial charge in [0.15, 0.2) is 0 Å². The monoisotopic (exact) mass is 254 g/mol. The first-order valence-electron chi connectivity index (χ1n) is 7.24. The second kappa shape index (κ2) is 8.11. The van der Waals surface area contributed by atoms with Crippen LogP contribution in [0.4, 0.5) is 0 Å². The Balaban J connectivity index is 2.21. The predicted molar refractivity (Wildman–Crippen MR) is 72.1 cm³/mol. The molecule has 1 heterocycles. The molecule has 1 fully saturated rings. The second-order valence-corrected chi connectivity index (χ2v) is 5.01. The van der Waals surface area contributed by atoms with Crippen LogP contribution >= 0.6 is 0 Å². The number of hydrogen-bond acceptors (Lipinski definition) is 2. The molecule has 0 aromatic carbocycles. The van der Waals surface area contributed by atoms with Gasteiger partial charge in [0.05, 0.1) is 0 Å². The smallest absolute Gasteiger partial charge is 0.223 e. The van der Waals surface area contributed by atoms with Gasteiger partial charge in [-0.05, 0) is 19.3 Å². The van der Waals surface area contributed by atoms with E-state index in [4.69, 9.17) is 0 Å². The van der Waals surface area contributed by atoms with Gasteiger partial charge in [-0.1, -0.05) is 26.7 Å². The minimum Gasteiger partial charge on any atom is -0.356 e. The SMILES string of the molecule is CCCCCNC(=O)C1CCN(C(=O)CC)CC1. The van der Waals surface area contributed by atoms with Gasteiger partial charge in [-0.25, -0.2) is 0 Å². The van der Waals surface area contributed by atoms with E-state index in [1.54, 1.807) is 0 Å². The van der Waals surface area contributed by atoms with E-state index in [0.717, 1.165) is 38.9 Å². The summed E-state index contributed by atoms with van der Waals surface area (Å²) in [5, 5.41) is 3.00. The molecule has 0 saturated carbocycles. The summed E-state index contributed by atoms with van der Waals surface area (Å²) in [6.07, 6.45) is 5.59. The quantitative estimate of drug-likeness (QED) is 0.736. The first-order chi connectivity index (χ1) is 8.69. The van der Waals surface area contributed by atoms with Gasteiger partial charge in [-0.3, -0.25) is 9.59 Å². The molecule has 0 aromatic rings. The summed E-state index contributed by atoms with van der Waals surface area (Å²) < 4.78 is 0. The highest BCUT2D eigenvalue weighted by Crippen LogP contribution is 2.17. The molecule has 0 bridgehead atoms. The zero-order valence-corrected chi connectivity index (χ0v) is 11.7. The van der Waals surface area contributed by atoms with E-state index < -0.39 is 0 Å². The van der Waals surface area contributed by atoms with E-state index in [0.29, 0.717) is 6.42 Å². The summed E-state index contributed by atoms with van der Waals surface area (Å²) in [5.74, 6) is 0.485. The van der Waals surface area contributed by atoms with E-state index in [9.17, 15) is 9.59 Å². The minimum absolute atomic E-state index is 0.104. The fourth-order valence-corrected chi connectivity index (χ4v) is 2.35. The maximum absolute atomic E-state index is 11.9. The number of amides is 2. The van der Waals surface area contributed by atoms with Crippen LogP contribution in [0.15, 0.2) is 0 Å². The van der Waals surface area contributed by atoms with Crippen molar-refractivity contribution >= 4 is 11.8 Å². The fourth-order valence-electron chi connectivity index (χ4n) is 2.35. The molecule has 4 heteroatoms. The number of carbonyl (C=O) groups excluding carboxylic acids is 2. The third-order valence-corrected chi connectivity index (χ3v) is 3.60. The highest BCUT2D eigenvalue weighted by atomic mass is 16.2. The Morgan fingerprint density at radius 1 is 1.17 bits per heavy atom. The molecule has 0 unspecified atom stereocenters. The maximum atomic E-state index is 11.9. The van der Waals surface area contributed by atoms with Crippen molar-refractivity contribution in [2.45, 2.75) is 52.4 Å². The molecule has 0 aromatic heterocycles. The molecule has 2 amide bonds. The van der Waals surface area contributed by atoms with Crippen LogP contribution in [-0.2, 0) is 9.59 Å². The summed E-state index contributed by atoms with van der Waals surface area (Å²) in [5.41, 5.74) is 0. The Kier molecular flexibility index (Phi) is 6.76. The topological polar surface area (TPSA) is 49.4 Å². The van der Waals surface area contributed by atoms with Gasteiger partial charge in [0.25, 0.3) is 0 Å². The summed E-state index contributed by atoms with van der Waals surface area (Å²) in [6.45, 7) is 6.30. The average molecular weight is 254 g/mol. The van der Waals surface area contributed by atoms with Gasteiger partial charge < -0.3 is 10.2 Å². The number of carbonyl (C=O) groups is 2. The van der Waals surface area contributed by atoms with Gasteiger partial charge in [0, 0.05) is 32.0 Å². The fraction of sp³-hybridized carbons (Fsp3) is 0.857. The molecule has 18 heavy (non-hydrogen) atoms. The number of rotatable bonds is 6. The molecule has 0 radical (unpaired) electrons. The number of unbranched alkanes of at least 4 members (excludes halogenated alkanes) is 2. The van der Waals surface area contributed by atoms with Crippen molar-refractivity contribution in [3.05, 3.63) is 0 Å². The number of piperidine rings is 1. The Morgan fingerprint density at radius 3 is 2.39 bits per heavy atom. The van der Waals surface area contributed by atoms with Gasteiger partial charge in [-0.2, -0.15) is 0 Å². The lowest BCUT2D eigenvalue weighted by atomic mass is 9.95. The summed E-state index contributed by atoms with van der Waals surface area (Å²) in [6, 6.07) is 0. The molecule has 4 nitrogen and oxygen atoms in total. The molecule has 1 aliphatic rings. The van der Waals surface area contributed by atoms with Crippen molar-refractivity contribution in [3.63, 3.8) is 0 Å². The van der Waals surface area contributed by atoms with Crippen molar-refractivity contribution in [3.8, 4) is 0 Å². The molecule has 1 saturated heterocycles. The van der Waals surface area contributed by atoms with Crippen molar-refractivity contribution in [1.82, 2.24) is 10.2 Å². The average Bonchev–Trinajstić information content (AvgIpc) is 2.42. The van der Waals surface area contributed by atoms with Crippen LogP contribution < -0.4 is 5.32 Å². The van der Waals surface area contributed by atoms with Crippen LogP contribution in [0.25, 0.3) is 0 Å². The van der Waals surface area contributed by atoms with Crippen LogP contribution in [0.1, 0.15) is 52.4 Å². The van der Waals surface area contributed by atoms with E-state index in [1.807, 2.05) is 11.8 Å². The van der Waals surface area contributed by atoms with Crippen LogP contribution in [0, 0.1) is 5.92 Å². The number of likely N-dealkylation sites (tertiary alicyclic amines) is 1. The van der Waals surface area contributed by atoms with Gasteiger partial charge >= 0.3 is 0 Å². The summed E-state index contributed by atoms with van der Waals surface area (Å²) >= 11 is 0. The van der Waals surface area contributed by atoms with Gasteiger partial charge in [0.1, 0.15) is 0 Å². The van der Waals surface area contributed by atoms with Gasteiger partial charge in [-0.15, -0.1) is 0 Å². The van der Waals surface area contributed by atoms with Crippen molar-refractivity contribution in [1.29, 1.82) is 0 Å². The van der Waals surface area contributed by atoms with Crippen LogP contribution in [0.5, 0.6) is 0 Å². The minimum atomic E-state index is 0.104. The zero-order chi connectivity index (χ0) is 13.4. The van der Waals surface area contributed by atoms with Crippen molar-refractivity contribution in [2.24, 2.45) is 5.92 Å². The highest BCUT2D eigenvalue weighted by Gasteiger charge is 2.26. The molecular weight excluding hydrogens is 228 g/mol. The molecule has 0 spiro atoms. The molecule has 1 rings (SSSR count). The first kappa shape index (κ1) is 15.0. The normalized spacial score (nSPS) is 16.7. The summed E-state index contributed by atoms with van der Waals surface area (Å²) in [4.78, 5) is 25.3. The lowest BCUT2D eigenvalue weighted by molar-refractivity contribution is -0.135. The predicted octanol–water partition coefficient (Wildman–Crippen LogP) is 1.94. The molecule has 104 valence electrons. The van der Waals surface area contributed by atoms with Crippen molar-refractivity contribution < 1.29 is 9.59 Å². The standard InChI is InChI=1S/C14H26N2O2/c1-3-5-6-9-15-14(18)12-7-10-16(11-8-12)13(17)4-2/h12H,3-11H2,1-2H3,(H,15,18). The van der Waals surface area contributed by atoms with Crippen LogP contribution in [0.3, 0.4) is 0 Å². The largest absolute Gasteiger partial charge is 0.356 e. The Labute approximate surface area is 110 Å². The van der Waals surface area contributed by atoms with E-state index in [1.165, 1.54) is 12.8 Å². The molecule has 0 aliphatic carbocycles. The zero-order valence-electron chi connectivity index (χ0n) is 11.7. The van der Waals surface area contributed by atoms with E-state index >= 15 is 0 Å². The van der Waals surface area contributed by atoms with Crippen LogP contribution in [0.2, 0.25) is 0 Å². The second-order valence-electron chi connectivity index (χ2n) is 5.01. The molecule has 0 atom stereocenters. The lowest BCUT2D eigenvalue weighted by Crippen LogP contribution is -2.43. The van der Waals surface area contributed by atoms with E-state index in [2.05, 4.69) is 12.2 Å². The molecule has 1 aliphatic heterocycles. The van der Waals surface area contributed by atoms with Crippen LogP contribution in [-0.4, -0.2) is 36.3 Å². The first-order valence-corrected chi connectivity index (χ1v) is 7.24. The Hall–Kier alpha value is -1.06. The third kappa shape index (κ3) is 4.67. The van der Waals surface area contributed by atoms with E-state index in [-0.39, 0.29) is 17.7 Å². The van der Waals surface area contributed by atoms with Crippen molar-refractivity contribution in [2.75, 3.05) is 19.6 Å². The number of hydrogen-bond donors (Lipinski definition) is 1. The highest BCUT2D eigenvalue weighted by molar-refractivity contribution is 5.80. The third-order valence-electron chi connectivity index (χ3n) is 3.60. The maximum Gasteiger partial charge on any atom is 0.223 e. The molecular formula is C14H26N2O2.